The van der Waals surface area contributed by atoms with Crippen molar-refractivity contribution < 1.29 is 23.8 Å². The smallest absolute Gasteiger partial charge is 0.419 e. The van der Waals surface area contributed by atoms with Crippen LogP contribution in [0.15, 0.2) is 54.0 Å². The second-order valence-electron chi connectivity index (χ2n) is 12.1. The van der Waals surface area contributed by atoms with E-state index in [2.05, 4.69) is 23.3 Å². The van der Waals surface area contributed by atoms with Crippen molar-refractivity contribution in [2.45, 2.75) is 71.6 Å². The molecule has 0 aliphatic carbocycles. The number of benzene rings is 2. The van der Waals surface area contributed by atoms with E-state index in [1.165, 1.54) is 17.6 Å². The van der Waals surface area contributed by atoms with Gasteiger partial charge in [0.2, 0.25) is 0 Å². The van der Waals surface area contributed by atoms with Gasteiger partial charge in [-0.2, -0.15) is 0 Å². The van der Waals surface area contributed by atoms with Gasteiger partial charge in [-0.3, -0.25) is 9.47 Å². The van der Waals surface area contributed by atoms with Gasteiger partial charge in [-0.05, 0) is 112 Å². The molecule has 1 aliphatic heterocycles. The van der Waals surface area contributed by atoms with Crippen LogP contribution in [-0.2, 0) is 16.0 Å². The van der Waals surface area contributed by atoms with Gasteiger partial charge in [0.1, 0.15) is 11.4 Å². The topological polar surface area (TPSA) is 70.0 Å². The molecule has 0 radical (unpaired) electrons. The van der Waals surface area contributed by atoms with Gasteiger partial charge < -0.3 is 14.2 Å². The van der Waals surface area contributed by atoms with Gasteiger partial charge in [0.05, 0.1) is 25.3 Å². The third kappa shape index (κ3) is 5.96. The number of aromatic nitrogens is 1. The summed E-state index contributed by atoms with van der Waals surface area (Å²) in [7, 11) is 3.10. The molecule has 222 valence electrons. The molecule has 3 heterocycles. The van der Waals surface area contributed by atoms with Crippen molar-refractivity contribution in [2.24, 2.45) is 0 Å². The fourth-order valence-electron chi connectivity index (χ4n) is 6.18. The number of esters is 1. The Balaban J connectivity index is 1.54. The number of ether oxygens (including phenoxy) is 3. The highest BCUT2D eigenvalue weighted by atomic mass is 32.1. The van der Waals surface area contributed by atoms with E-state index in [-0.39, 0.29) is 12.0 Å². The number of nitrogens with zero attached hydrogens (tertiary/aromatic N) is 2. The van der Waals surface area contributed by atoms with Crippen LogP contribution in [0.2, 0.25) is 0 Å². The van der Waals surface area contributed by atoms with Gasteiger partial charge in [0, 0.05) is 34.6 Å². The number of carbonyl (C=O) groups is 2. The first-order valence-electron chi connectivity index (χ1n) is 14.4. The molecule has 4 aromatic rings. The molecule has 0 bridgehead atoms. The van der Waals surface area contributed by atoms with Crippen molar-refractivity contribution in [3.05, 3.63) is 86.7 Å². The van der Waals surface area contributed by atoms with E-state index in [1.54, 1.807) is 29.2 Å². The quantitative estimate of drug-likeness (QED) is 0.213. The van der Waals surface area contributed by atoms with Crippen LogP contribution in [0.1, 0.15) is 83.1 Å². The number of hydrogen-bond acceptors (Lipinski definition) is 7. The Morgan fingerprint density at radius 2 is 1.79 bits per heavy atom. The SMILES string of the molecule is COC(=O)c1ccc([C@@H]2CC(c3ccsc3C)CCN2Cc2c(OC)cc(C)c3c2ccn3C(=O)OC(C)(C)C)cc1. The number of carbonyl (C=O) groups excluding carboxylic acids is 2. The fraction of sp³-hybridized carbons (Fsp3) is 0.412. The maximum atomic E-state index is 13.1. The van der Waals surface area contributed by atoms with Crippen LogP contribution >= 0.6 is 11.3 Å². The monoisotopic (exact) mass is 588 g/mol. The summed E-state index contributed by atoms with van der Waals surface area (Å²) in [4.78, 5) is 29.1. The number of rotatable bonds is 6. The first kappa shape index (κ1) is 29.9. The van der Waals surface area contributed by atoms with Crippen molar-refractivity contribution in [1.29, 1.82) is 0 Å². The molecule has 0 amide bonds. The maximum absolute atomic E-state index is 13.1. The first-order chi connectivity index (χ1) is 20.0. The van der Waals surface area contributed by atoms with Crippen molar-refractivity contribution >= 4 is 34.3 Å². The Bertz CT molecular complexity index is 1590. The summed E-state index contributed by atoms with van der Waals surface area (Å²) in [5.74, 6) is 0.915. The second kappa shape index (κ2) is 11.9. The minimum Gasteiger partial charge on any atom is -0.496 e. The highest BCUT2D eigenvalue weighted by Crippen LogP contribution is 2.43. The van der Waals surface area contributed by atoms with Crippen molar-refractivity contribution in [3.8, 4) is 5.75 Å². The lowest BCUT2D eigenvalue weighted by atomic mass is 9.82. The standard InChI is InChI=1S/C34H40N2O5S/c1-21-18-30(39-6)28(27-13-16-36(31(21)27)33(38)41-34(3,4)5)20-35-15-12-25(26-14-17-42-22(26)2)19-29(35)23-8-10-24(11-9-23)32(37)40-7/h8-11,13-14,16-18,25,29H,12,15,19-20H2,1-7H3/t25?,29-/m0/s1. The van der Waals surface area contributed by atoms with Crippen LogP contribution in [-0.4, -0.2) is 47.9 Å². The van der Waals surface area contributed by atoms with Gasteiger partial charge in [-0.1, -0.05) is 12.1 Å². The molecular weight excluding hydrogens is 548 g/mol. The number of piperidine rings is 1. The Hall–Kier alpha value is -3.62. The van der Waals surface area contributed by atoms with E-state index in [4.69, 9.17) is 14.2 Å². The second-order valence-corrected chi connectivity index (χ2v) is 13.2. The zero-order chi connectivity index (χ0) is 30.2. The first-order valence-corrected chi connectivity index (χ1v) is 15.3. The number of thiophene rings is 1. The highest BCUT2D eigenvalue weighted by molar-refractivity contribution is 7.10. The molecule has 1 unspecified atom stereocenters. The number of fused-ring (bicyclic) bond motifs is 1. The molecule has 2 aromatic heterocycles. The summed E-state index contributed by atoms with van der Waals surface area (Å²) in [5.41, 5.74) is 5.36. The van der Waals surface area contributed by atoms with E-state index >= 15 is 0 Å². The van der Waals surface area contributed by atoms with E-state index in [0.717, 1.165) is 52.7 Å². The number of likely N-dealkylation sites (tertiary alicyclic amines) is 1. The molecular formula is C34H40N2O5S. The van der Waals surface area contributed by atoms with Crippen molar-refractivity contribution in [1.82, 2.24) is 9.47 Å². The summed E-state index contributed by atoms with van der Waals surface area (Å²) in [6.45, 7) is 11.4. The average Bonchev–Trinajstić information content (AvgIpc) is 3.60. The number of methoxy groups -OCH3 is 2. The Labute approximate surface area is 252 Å². The molecule has 0 N–H and O–H groups in total. The van der Waals surface area contributed by atoms with Gasteiger partial charge in [0.15, 0.2) is 0 Å². The zero-order valence-electron chi connectivity index (χ0n) is 25.5. The van der Waals surface area contributed by atoms with Gasteiger partial charge in [-0.15, -0.1) is 11.3 Å². The highest BCUT2D eigenvalue weighted by Gasteiger charge is 2.33. The van der Waals surface area contributed by atoms with E-state index in [1.807, 2.05) is 64.1 Å². The molecule has 1 aliphatic rings. The van der Waals surface area contributed by atoms with Gasteiger partial charge in [0.25, 0.3) is 0 Å². The Morgan fingerprint density at radius 1 is 1.05 bits per heavy atom. The zero-order valence-corrected chi connectivity index (χ0v) is 26.3. The largest absolute Gasteiger partial charge is 0.496 e. The minimum absolute atomic E-state index is 0.128. The third-order valence-electron chi connectivity index (χ3n) is 8.17. The number of hydrogen-bond donors (Lipinski definition) is 0. The summed E-state index contributed by atoms with van der Waals surface area (Å²) >= 11 is 1.80. The molecule has 2 aromatic carbocycles. The lowest BCUT2D eigenvalue weighted by Gasteiger charge is -2.40. The summed E-state index contributed by atoms with van der Waals surface area (Å²) in [6, 6.07) is 14.2. The van der Waals surface area contributed by atoms with Crippen LogP contribution in [0.4, 0.5) is 4.79 Å². The lowest BCUT2D eigenvalue weighted by molar-refractivity contribution is 0.0542. The normalized spacial score (nSPS) is 17.8. The Kier molecular flexibility index (Phi) is 8.49. The minimum atomic E-state index is -0.599. The summed E-state index contributed by atoms with van der Waals surface area (Å²) < 4.78 is 18.2. The van der Waals surface area contributed by atoms with E-state index in [9.17, 15) is 9.59 Å². The fourth-order valence-corrected chi connectivity index (χ4v) is 6.97. The van der Waals surface area contributed by atoms with Crippen molar-refractivity contribution in [3.63, 3.8) is 0 Å². The average molecular weight is 589 g/mol. The Morgan fingerprint density at radius 3 is 2.40 bits per heavy atom. The van der Waals surface area contributed by atoms with Gasteiger partial charge in [-0.25, -0.2) is 9.59 Å². The summed E-state index contributed by atoms with van der Waals surface area (Å²) in [6.07, 6.45) is 3.41. The molecule has 5 rings (SSSR count). The molecule has 0 spiro atoms. The number of aryl methyl sites for hydroxylation is 2. The van der Waals surface area contributed by atoms with Gasteiger partial charge >= 0.3 is 12.1 Å². The molecule has 8 heteroatoms. The molecule has 1 saturated heterocycles. The predicted octanol–water partition coefficient (Wildman–Crippen LogP) is 8.02. The predicted molar refractivity (Wildman–Crippen MR) is 167 cm³/mol. The van der Waals surface area contributed by atoms with Crippen molar-refractivity contribution in [2.75, 3.05) is 20.8 Å². The van der Waals surface area contributed by atoms with Crippen LogP contribution in [0, 0.1) is 13.8 Å². The lowest BCUT2D eigenvalue weighted by Crippen LogP contribution is -2.36. The molecule has 42 heavy (non-hydrogen) atoms. The molecule has 1 fully saturated rings. The molecule has 0 saturated carbocycles. The molecule has 2 atom stereocenters. The summed E-state index contributed by atoms with van der Waals surface area (Å²) in [5, 5.41) is 3.16. The van der Waals surface area contributed by atoms with Crippen LogP contribution in [0.25, 0.3) is 10.9 Å². The van der Waals surface area contributed by atoms with E-state index in [0.29, 0.717) is 18.0 Å². The van der Waals surface area contributed by atoms with Crippen LogP contribution in [0.5, 0.6) is 5.75 Å². The van der Waals surface area contributed by atoms with E-state index < -0.39 is 11.7 Å². The third-order valence-corrected chi connectivity index (χ3v) is 9.03. The van der Waals surface area contributed by atoms with Crippen LogP contribution < -0.4 is 4.74 Å². The molecule has 7 nitrogen and oxygen atoms in total. The van der Waals surface area contributed by atoms with Crippen LogP contribution in [0.3, 0.4) is 0 Å². The maximum Gasteiger partial charge on any atom is 0.419 e.